The fraction of sp³-hybridized carbons (Fsp3) is 0.643. The van der Waals surface area contributed by atoms with Crippen LogP contribution in [0, 0.1) is 0 Å². The highest BCUT2D eigenvalue weighted by atomic mass is 32.2. The molecule has 5 heteroatoms. The van der Waals surface area contributed by atoms with E-state index >= 15 is 0 Å². The highest BCUT2D eigenvalue weighted by Gasteiger charge is 2.23. The molecular formula is C14H22N2O2S. The molecule has 1 N–H and O–H groups in total. The van der Waals surface area contributed by atoms with Gasteiger partial charge in [-0.25, -0.2) is 13.4 Å². The van der Waals surface area contributed by atoms with E-state index in [1.807, 2.05) is 12.3 Å². The van der Waals surface area contributed by atoms with Gasteiger partial charge in [-0.2, -0.15) is 0 Å². The van der Waals surface area contributed by atoms with E-state index in [1.165, 1.54) is 5.56 Å². The minimum atomic E-state index is -2.79. The minimum absolute atomic E-state index is 0.102. The number of aromatic nitrogens is 1. The Balaban J connectivity index is 1.97. The van der Waals surface area contributed by atoms with Crippen LogP contribution in [0.1, 0.15) is 39.2 Å². The standard InChI is InChI=1S/C14H22N2O2S/c1-14(2,3)11-4-5-13(15-10-11)16-12-6-8-19(17,18)9-7-12/h4-5,10,12H,6-9H2,1-3H3,(H,15,16). The quantitative estimate of drug-likeness (QED) is 0.904. The van der Waals surface area contributed by atoms with E-state index in [0.29, 0.717) is 12.8 Å². The summed E-state index contributed by atoms with van der Waals surface area (Å²) in [4.78, 5) is 4.42. The Kier molecular flexibility index (Phi) is 3.85. The van der Waals surface area contributed by atoms with Crippen molar-refractivity contribution in [1.82, 2.24) is 4.98 Å². The molecule has 0 radical (unpaired) electrons. The number of nitrogens with one attached hydrogen (secondary N) is 1. The molecule has 0 spiro atoms. The average Bonchev–Trinajstić information content (AvgIpc) is 2.31. The van der Waals surface area contributed by atoms with Gasteiger partial charge in [-0.3, -0.25) is 0 Å². The van der Waals surface area contributed by atoms with Gasteiger partial charge in [0.1, 0.15) is 15.7 Å². The first-order valence-corrected chi connectivity index (χ1v) is 8.52. The van der Waals surface area contributed by atoms with Gasteiger partial charge in [-0.15, -0.1) is 0 Å². The Morgan fingerprint density at radius 1 is 1.21 bits per heavy atom. The molecule has 2 rings (SSSR count). The van der Waals surface area contributed by atoms with E-state index in [-0.39, 0.29) is 23.0 Å². The summed E-state index contributed by atoms with van der Waals surface area (Å²) in [5.41, 5.74) is 1.30. The molecule has 0 atom stereocenters. The van der Waals surface area contributed by atoms with Crippen LogP contribution in [0.15, 0.2) is 18.3 Å². The Hall–Kier alpha value is -1.10. The Labute approximate surface area is 115 Å². The van der Waals surface area contributed by atoms with Gasteiger partial charge in [0.25, 0.3) is 0 Å². The highest BCUT2D eigenvalue weighted by molar-refractivity contribution is 7.91. The van der Waals surface area contributed by atoms with E-state index in [9.17, 15) is 8.42 Å². The second-order valence-corrected chi connectivity index (χ2v) is 8.56. The summed E-state index contributed by atoms with van der Waals surface area (Å²) >= 11 is 0. The van der Waals surface area contributed by atoms with Crippen molar-refractivity contribution in [2.24, 2.45) is 0 Å². The van der Waals surface area contributed by atoms with Gasteiger partial charge in [0.2, 0.25) is 0 Å². The maximum atomic E-state index is 11.4. The van der Waals surface area contributed by atoms with Crippen molar-refractivity contribution in [3.63, 3.8) is 0 Å². The van der Waals surface area contributed by atoms with Crippen LogP contribution in [0.5, 0.6) is 0 Å². The SMILES string of the molecule is CC(C)(C)c1ccc(NC2CCS(=O)(=O)CC2)nc1. The second kappa shape index (κ2) is 5.12. The van der Waals surface area contributed by atoms with Crippen LogP contribution < -0.4 is 5.32 Å². The molecule has 1 saturated heterocycles. The highest BCUT2D eigenvalue weighted by Crippen LogP contribution is 2.23. The maximum Gasteiger partial charge on any atom is 0.150 e. The second-order valence-electron chi connectivity index (χ2n) is 6.25. The van der Waals surface area contributed by atoms with Crippen molar-refractivity contribution in [2.45, 2.75) is 45.1 Å². The van der Waals surface area contributed by atoms with Gasteiger partial charge in [-0.05, 0) is 29.9 Å². The topological polar surface area (TPSA) is 59.1 Å². The van der Waals surface area contributed by atoms with Gasteiger partial charge in [0.05, 0.1) is 11.5 Å². The maximum absolute atomic E-state index is 11.4. The van der Waals surface area contributed by atoms with E-state index in [0.717, 1.165) is 5.82 Å². The molecule has 1 aliphatic rings. The molecule has 1 fully saturated rings. The zero-order valence-electron chi connectivity index (χ0n) is 11.8. The summed E-state index contributed by atoms with van der Waals surface area (Å²) in [6, 6.07) is 4.27. The third kappa shape index (κ3) is 3.93. The largest absolute Gasteiger partial charge is 0.367 e. The molecule has 0 amide bonds. The summed E-state index contributed by atoms with van der Waals surface area (Å²) in [5.74, 6) is 1.40. The third-order valence-electron chi connectivity index (χ3n) is 3.54. The lowest BCUT2D eigenvalue weighted by molar-refractivity contribution is 0.558. The summed E-state index contributed by atoms with van der Waals surface area (Å²) in [6.07, 6.45) is 3.23. The molecule has 4 nitrogen and oxygen atoms in total. The average molecular weight is 282 g/mol. The summed E-state index contributed by atoms with van der Waals surface area (Å²) < 4.78 is 22.7. The smallest absolute Gasteiger partial charge is 0.150 e. The number of nitrogens with zero attached hydrogens (tertiary/aromatic N) is 1. The number of hydrogen-bond donors (Lipinski definition) is 1. The Bertz CT molecular complexity index is 516. The van der Waals surface area contributed by atoms with Crippen molar-refractivity contribution in [1.29, 1.82) is 0 Å². The molecule has 0 bridgehead atoms. The van der Waals surface area contributed by atoms with Gasteiger partial charge in [0.15, 0.2) is 0 Å². The lowest BCUT2D eigenvalue weighted by atomic mass is 9.88. The summed E-state index contributed by atoms with van der Waals surface area (Å²) in [7, 11) is -2.79. The number of sulfone groups is 1. The number of rotatable bonds is 2. The Morgan fingerprint density at radius 2 is 1.84 bits per heavy atom. The van der Waals surface area contributed by atoms with E-state index in [4.69, 9.17) is 0 Å². The number of pyridine rings is 1. The van der Waals surface area contributed by atoms with Crippen LogP contribution in [0.2, 0.25) is 0 Å². The van der Waals surface area contributed by atoms with E-state index in [1.54, 1.807) is 0 Å². The van der Waals surface area contributed by atoms with Gasteiger partial charge in [0, 0.05) is 12.2 Å². The molecule has 1 aliphatic heterocycles. The monoisotopic (exact) mass is 282 g/mol. The van der Waals surface area contributed by atoms with E-state index in [2.05, 4.69) is 37.1 Å². The Morgan fingerprint density at radius 3 is 2.32 bits per heavy atom. The van der Waals surface area contributed by atoms with Crippen LogP contribution >= 0.6 is 0 Å². The van der Waals surface area contributed by atoms with Crippen LogP contribution in [0.25, 0.3) is 0 Å². The van der Waals surface area contributed by atoms with Crippen LogP contribution in [-0.2, 0) is 15.3 Å². The van der Waals surface area contributed by atoms with Gasteiger partial charge in [-0.1, -0.05) is 26.8 Å². The number of anilines is 1. The summed E-state index contributed by atoms with van der Waals surface area (Å²) in [6.45, 7) is 6.47. The molecule has 0 saturated carbocycles. The van der Waals surface area contributed by atoms with Gasteiger partial charge >= 0.3 is 0 Å². The van der Waals surface area contributed by atoms with Crippen LogP contribution in [0.3, 0.4) is 0 Å². The summed E-state index contributed by atoms with van der Waals surface area (Å²) in [5, 5.41) is 3.32. The zero-order chi connectivity index (χ0) is 14.1. The van der Waals surface area contributed by atoms with Crippen molar-refractivity contribution in [2.75, 3.05) is 16.8 Å². The van der Waals surface area contributed by atoms with Crippen molar-refractivity contribution >= 4 is 15.7 Å². The van der Waals surface area contributed by atoms with Crippen molar-refractivity contribution in [3.8, 4) is 0 Å². The molecule has 19 heavy (non-hydrogen) atoms. The normalized spacial score (nSPS) is 20.2. The molecule has 0 aliphatic carbocycles. The fourth-order valence-electron chi connectivity index (χ4n) is 2.17. The van der Waals surface area contributed by atoms with Crippen molar-refractivity contribution < 1.29 is 8.42 Å². The first kappa shape index (κ1) is 14.3. The van der Waals surface area contributed by atoms with Gasteiger partial charge < -0.3 is 5.32 Å². The molecule has 1 aromatic rings. The first-order valence-electron chi connectivity index (χ1n) is 6.70. The van der Waals surface area contributed by atoms with E-state index < -0.39 is 9.84 Å². The first-order chi connectivity index (χ1) is 8.76. The molecule has 0 aromatic carbocycles. The van der Waals surface area contributed by atoms with Crippen LogP contribution in [0.4, 0.5) is 5.82 Å². The molecule has 2 heterocycles. The minimum Gasteiger partial charge on any atom is -0.367 e. The predicted octanol–water partition coefficient (Wildman–Crippen LogP) is 2.37. The predicted molar refractivity (Wildman–Crippen MR) is 78.2 cm³/mol. The lowest BCUT2D eigenvalue weighted by Gasteiger charge is -2.24. The lowest BCUT2D eigenvalue weighted by Crippen LogP contribution is -2.32. The zero-order valence-corrected chi connectivity index (χ0v) is 12.6. The van der Waals surface area contributed by atoms with Crippen LogP contribution in [-0.4, -0.2) is 30.9 Å². The molecule has 0 unspecified atom stereocenters. The fourth-order valence-corrected chi connectivity index (χ4v) is 3.66. The third-order valence-corrected chi connectivity index (χ3v) is 5.25. The van der Waals surface area contributed by atoms with Crippen molar-refractivity contribution in [3.05, 3.63) is 23.9 Å². The number of hydrogen-bond acceptors (Lipinski definition) is 4. The molecular weight excluding hydrogens is 260 g/mol. The molecule has 1 aromatic heterocycles. The molecule has 106 valence electrons.